The molecule has 6 nitrogen and oxygen atoms in total. The van der Waals surface area contributed by atoms with Gasteiger partial charge in [0.1, 0.15) is 0 Å². The number of likely N-dealkylation sites (N-methyl/N-ethyl adjacent to an activating group) is 1. The molecule has 0 bridgehead atoms. The van der Waals surface area contributed by atoms with Gasteiger partial charge in [0.2, 0.25) is 11.8 Å². The highest BCUT2D eigenvalue weighted by Crippen LogP contribution is 2.20. The van der Waals surface area contributed by atoms with Crippen LogP contribution in [-0.2, 0) is 11.3 Å². The van der Waals surface area contributed by atoms with Gasteiger partial charge in [-0.2, -0.15) is 0 Å². The summed E-state index contributed by atoms with van der Waals surface area (Å²) in [7, 11) is 2.15. The fourth-order valence-electron chi connectivity index (χ4n) is 3.17. The number of hydrogen-bond acceptors (Lipinski definition) is 6. The van der Waals surface area contributed by atoms with E-state index in [1.165, 1.54) is 25.9 Å². The molecule has 0 unspecified atom stereocenters. The van der Waals surface area contributed by atoms with E-state index in [4.69, 9.17) is 9.15 Å². The van der Waals surface area contributed by atoms with Gasteiger partial charge in [-0.1, -0.05) is 0 Å². The minimum Gasteiger partial charge on any atom is -0.424 e. The summed E-state index contributed by atoms with van der Waals surface area (Å²) in [5, 5.41) is 7.95. The molecule has 0 amide bonds. The van der Waals surface area contributed by atoms with E-state index >= 15 is 0 Å². The predicted octanol–water partition coefficient (Wildman–Crippen LogP) is 0.921. The molecule has 0 spiro atoms. The van der Waals surface area contributed by atoms with Crippen LogP contribution in [0.1, 0.15) is 24.6 Å². The summed E-state index contributed by atoms with van der Waals surface area (Å²) >= 11 is 0. The summed E-state index contributed by atoms with van der Waals surface area (Å²) in [6.45, 7) is 7.97. The fourth-order valence-corrected chi connectivity index (χ4v) is 3.17. The molecule has 0 aliphatic carbocycles. The van der Waals surface area contributed by atoms with Crippen LogP contribution in [0.15, 0.2) is 4.42 Å². The zero-order valence-electron chi connectivity index (χ0n) is 12.4. The number of rotatable bonds is 5. The first-order chi connectivity index (χ1) is 9.70. The molecule has 0 radical (unpaired) electrons. The van der Waals surface area contributed by atoms with E-state index in [9.17, 15) is 0 Å². The second-order valence-electron chi connectivity index (χ2n) is 6.06. The Bertz CT molecular complexity index is 431. The van der Waals surface area contributed by atoms with E-state index in [1.54, 1.807) is 0 Å². The molecule has 2 aliphatic rings. The zero-order valence-corrected chi connectivity index (χ0v) is 12.4. The van der Waals surface area contributed by atoms with Crippen molar-refractivity contribution in [2.45, 2.75) is 32.4 Å². The van der Waals surface area contributed by atoms with Crippen molar-refractivity contribution in [1.29, 1.82) is 0 Å². The van der Waals surface area contributed by atoms with Gasteiger partial charge >= 0.3 is 0 Å². The summed E-state index contributed by atoms with van der Waals surface area (Å²) in [5.41, 5.74) is 0. The van der Waals surface area contributed by atoms with Crippen LogP contribution in [0.4, 0.5) is 0 Å². The lowest BCUT2D eigenvalue weighted by atomic mass is 10.1. The van der Waals surface area contributed by atoms with E-state index in [0.29, 0.717) is 17.8 Å². The van der Waals surface area contributed by atoms with Crippen molar-refractivity contribution < 1.29 is 9.15 Å². The first-order valence-corrected chi connectivity index (χ1v) is 7.50. The summed E-state index contributed by atoms with van der Waals surface area (Å²) in [5.74, 6) is 2.09. The Balaban J connectivity index is 1.46. The highest BCUT2D eigenvalue weighted by atomic mass is 16.5. The largest absolute Gasteiger partial charge is 0.424 e. The Morgan fingerprint density at radius 1 is 1.35 bits per heavy atom. The van der Waals surface area contributed by atoms with E-state index in [0.717, 1.165) is 32.2 Å². The van der Waals surface area contributed by atoms with E-state index in [-0.39, 0.29) is 0 Å². The van der Waals surface area contributed by atoms with E-state index in [2.05, 4.69) is 27.0 Å². The number of hydrogen-bond donors (Lipinski definition) is 0. The molecule has 2 fully saturated rings. The standard InChI is InChI=1S/C14H24N4O2/c1-11-15-16-14(20-11)9-17(2)13-3-5-18(8-13)7-12-4-6-19-10-12/h12-13H,3-10H2,1-2H3/t12-,13+/m1/s1. The Hall–Kier alpha value is -0.980. The second kappa shape index (κ2) is 6.20. The van der Waals surface area contributed by atoms with Crippen LogP contribution in [0.5, 0.6) is 0 Å². The van der Waals surface area contributed by atoms with Crippen LogP contribution in [0.25, 0.3) is 0 Å². The molecule has 3 heterocycles. The van der Waals surface area contributed by atoms with Crippen molar-refractivity contribution in [1.82, 2.24) is 20.0 Å². The van der Waals surface area contributed by atoms with E-state index < -0.39 is 0 Å². The molecule has 3 rings (SSSR count). The molecule has 2 aliphatic heterocycles. The molecular weight excluding hydrogens is 256 g/mol. The Labute approximate surface area is 120 Å². The van der Waals surface area contributed by atoms with Gasteiger partial charge in [-0.15, -0.1) is 10.2 Å². The van der Waals surface area contributed by atoms with Gasteiger partial charge < -0.3 is 14.1 Å². The molecule has 112 valence electrons. The van der Waals surface area contributed by atoms with Crippen molar-refractivity contribution in [3.05, 3.63) is 11.8 Å². The van der Waals surface area contributed by atoms with Crippen molar-refractivity contribution in [3.8, 4) is 0 Å². The highest BCUT2D eigenvalue weighted by molar-refractivity contribution is 4.86. The van der Waals surface area contributed by atoms with Gasteiger partial charge in [0.25, 0.3) is 0 Å². The van der Waals surface area contributed by atoms with E-state index in [1.807, 2.05) is 6.92 Å². The summed E-state index contributed by atoms with van der Waals surface area (Å²) in [6.07, 6.45) is 2.44. The molecule has 1 aromatic heterocycles. The molecule has 2 atom stereocenters. The maximum atomic E-state index is 5.46. The monoisotopic (exact) mass is 280 g/mol. The van der Waals surface area contributed by atoms with Crippen molar-refractivity contribution >= 4 is 0 Å². The number of ether oxygens (including phenoxy) is 1. The van der Waals surface area contributed by atoms with Crippen LogP contribution >= 0.6 is 0 Å². The minimum absolute atomic E-state index is 0.588. The molecule has 6 heteroatoms. The van der Waals surface area contributed by atoms with Gasteiger partial charge in [-0.05, 0) is 32.4 Å². The third kappa shape index (κ3) is 3.37. The quantitative estimate of drug-likeness (QED) is 0.799. The number of aromatic nitrogens is 2. The normalized spacial score (nSPS) is 27.8. The first-order valence-electron chi connectivity index (χ1n) is 7.50. The van der Waals surface area contributed by atoms with Crippen LogP contribution in [0, 0.1) is 12.8 Å². The number of aryl methyl sites for hydroxylation is 1. The highest BCUT2D eigenvalue weighted by Gasteiger charge is 2.29. The van der Waals surface area contributed by atoms with Gasteiger partial charge in [-0.25, -0.2) is 0 Å². The smallest absolute Gasteiger partial charge is 0.230 e. The lowest BCUT2D eigenvalue weighted by Gasteiger charge is -2.24. The van der Waals surface area contributed by atoms with Gasteiger partial charge in [-0.3, -0.25) is 4.90 Å². The third-order valence-corrected chi connectivity index (χ3v) is 4.36. The van der Waals surface area contributed by atoms with Crippen LogP contribution in [0.3, 0.4) is 0 Å². The first kappa shape index (κ1) is 14.0. The zero-order chi connectivity index (χ0) is 13.9. The molecule has 1 aromatic rings. The summed E-state index contributed by atoms with van der Waals surface area (Å²) < 4.78 is 10.9. The van der Waals surface area contributed by atoms with Crippen LogP contribution < -0.4 is 0 Å². The lowest BCUT2D eigenvalue weighted by molar-refractivity contribution is 0.167. The van der Waals surface area contributed by atoms with Crippen molar-refractivity contribution in [2.24, 2.45) is 5.92 Å². The Kier molecular flexibility index (Phi) is 4.33. The average Bonchev–Trinajstić information content (AvgIpc) is 3.12. The van der Waals surface area contributed by atoms with Crippen molar-refractivity contribution in [3.63, 3.8) is 0 Å². The van der Waals surface area contributed by atoms with Gasteiger partial charge in [0.15, 0.2) is 0 Å². The molecule has 0 aromatic carbocycles. The van der Waals surface area contributed by atoms with Crippen LogP contribution in [0.2, 0.25) is 0 Å². The molecule has 2 saturated heterocycles. The van der Waals surface area contributed by atoms with Crippen LogP contribution in [-0.4, -0.2) is 65.9 Å². The molecule has 0 saturated carbocycles. The topological polar surface area (TPSA) is 54.6 Å². The molecule has 0 N–H and O–H groups in total. The Morgan fingerprint density at radius 3 is 2.95 bits per heavy atom. The lowest BCUT2D eigenvalue weighted by Crippen LogP contribution is -2.35. The predicted molar refractivity (Wildman–Crippen MR) is 74.3 cm³/mol. The maximum absolute atomic E-state index is 5.46. The SMILES string of the molecule is Cc1nnc(CN(C)[C@H]2CCN(C[C@H]3CCOC3)C2)o1. The Morgan fingerprint density at radius 2 is 2.25 bits per heavy atom. The molecule has 20 heavy (non-hydrogen) atoms. The third-order valence-electron chi connectivity index (χ3n) is 4.36. The number of likely N-dealkylation sites (tertiary alicyclic amines) is 1. The second-order valence-corrected chi connectivity index (χ2v) is 6.06. The fraction of sp³-hybridized carbons (Fsp3) is 0.857. The summed E-state index contributed by atoms with van der Waals surface area (Å²) in [6, 6.07) is 0.588. The van der Waals surface area contributed by atoms with Gasteiger partial charge in [0.05, 0.1) is 13.2 Å². The van der Waals surface area contributed by atoms with Gasteiger partial charge in [0, 0.05) is 32.7 Å². The minimum atomic E-state index is 0.588. The molecular formula is C14H24N4O2. The number of nitrogens with zero attached hydrogens (tertiary/aromatic N) is 4. The maximum Gasteiger partial charge on any atom is 0.230 e. The average molecular weight is 280 g/mol. The summed E-state index contributed by atoms with van der Waals surface area (Å²) in [4.78, 5) is 4.90. The van der Waals surface area contributed by atoms with Crippen molar-refractivity contribution in [2.75, 3.05) is 39.9 Å².